The van der Waals surface area contributed by atoms with E-state index in [0.717, 1.165) is 17.1 Å². The van der Waals surface area contributed by atoms with E-state index in [2.05, 4.69) is 19.2 Å². The van der Waals surface area contributed by atoms with Crippen molar-refractivity contribution in [2.45, 2.75) is 26.4 Å². The van der Waals surface area contributed by atoms with Gasteiger partial charge in [-0.2, -0.15) is 0 Å². The Balaban J connectivity index is 1.98. The van der Waals surface area contributed by atoms with Crippen LogP contribution in [-0.4, -0.2) is 19.8 Å². The van der Waals surface area contributed by atoms with Crippen LogP contribution in [0.25, 0.3) is 11.3 Å². The number of furan rings is 1. The molecule has 1 atom stereocenters. The molecule has 1 N–H and O–H groups in total. The summed E-state index contributed by atoms with van der Waals surface area (Å²) >= 11 is 0. The Labute approximate surface area is 125 Å². The Kier molecular flexibility index (Phi) is 5.53. The maximum absolute atomic E-state index is 12.9. The minimum atomic E-state index is -0.244. The second-order valence-electron chi connectivity index (χ2n) is 5.46. The Morgan fingerprint density at radius 3 is 2.48 bits per heavy atom. The number of ether oxygens (including phenoxy) is 1. The lowest BCUT2D eigenvalue weighted by Crippen LogP contribution is -2.37. The van der Waals surface area contributed by atoms with Crippen LogP contribution in [0, 0.1) is 11.7 Å². The van der Waals surface area contributed by atoms with Crippen molar-refractivity contribution in [1.82, 2.24) is 5.32 Å². The molecule has 0 amide bonds. The lowest BCUT2D eigenvalue weighted by Gasteiger charge is -2.20. The van der Waals surface area contributed by atoms with Gasteiger partial charge in [-0.15, -0.1) is 0 Å². The fourth-order valence-corrected chi connectivity index (χ4v) is 2.14. The van der Waals surface area contributed by atoms with Gasteiger partial charge in [-0.3, -0.25) is 0 Å². The molecule has 2 rings (SSSR count). The molecule has 21 heavy (non-hydrogen) atoms. The fourth-order valence-electron chi connectivity index (χ4n) is 2.14. The second-order valence-corrected chi connectivity index (χ2v) is 5.46. The Morgan fingerprint density at radius 1 is 1.14 bits per heavy atom. The Bertz CT molecular complexity index is 548. The standard InChI is InChI=1S/C17H22FNO2/c1-12(2)16(11-20-3)19-10-15-8-9-17(21-15)13-4-6-14(18)7-5-13/h4-9,12,16,19H,10-11H2,1-3H3. The first-order valence-electron chi connectivity index (χ1n) is 7.17. The quantitative estimate of drug-likeness (QED) is 0.841. The number of halogens is 1. The Hall–Kier alpha value is -1.65. The number of hydrogen-bond donors (Lipinski definition) is 1. The fraction of sp³-hybridized carbons (Fsp3) is 0.412. The van der Waals surface area contributed by atoms with Crippen LogP contribution in [0.2, 0.25) is 0 Å². The third-order valence-corrected chi connectivity index (χ3v) is 3.48. The molecular weight excluding hydrogens is 269 g/mol. The maximum Gasteiger partial charge on any atom is 0.134 e. The molecule has 0 saturated heterocycles. The van der Waals surface area contributed by atoms with Crippen molar-refractivity contribution < 1.29 is 13.5 Å². The van der Waals surface area contributed by atoms with Crippen molar-refractivity contribution in [1.29, 1.82) is 0 Å². The van der Waals surface area contributed by atoms with Crippen LogP contribution in [0.1, 0.15) is 19.6 Å². The van der Waals surface area contributed by atoms with E-state index >= 15 is 0 Å². The van der Waals surface area contributed by atoms with Gasteiger partial charge in [-0.25, -0.2) is 4.39 Å². The normalized spacial score (nSPS) is 12.8. The summed E-state index contributed by atoms with van der Waals surface area (Å²) in [6, 6.07) is 10.4. The molecule has 0 aliphatic heterocycles. The molecule has 4 heteroatoms. The van der Waals surface area contributed by atoms with Crippen LogP contribution in [0.3, 0.4) is 0 Å². The van der Waals surface area contributed by atoms with Gasteiger partial charge in [0, 0.05) is 18.7 Å². The van der Waals surface area contributed by atoms with Crippen LogP contribution < -0.4 is 5.32 Å². The van der Waals surface area contributed by atoms with E-state index in [-0.39, 0.29) is 11.9 Å². The van der Waals surface area contributed by atoms with Crippen LogP contribution in [0.15, 0.2) is 40.8 Å². The molecule has 0 aliphatic carbocycles. The van der Waals surface area contributed by atoms with E-state index < -0.39 is 0 Å². The third-order valence-electron chi connectivity index (χ3n) is 3.48. The van der Waals surface area contributed by atoms with Crippen molar-refractivity contribution in [3.05, 3.63) is 48.0 Å². The molecule has 0 radical (unpaired) electrons. The van der Waals surface area contributed by atoms with Crippen molar-refractivity contribution in [2.24, 2.45) is 5.92 Å². The second kappa shape index (κ2) is 7.38. The van der Waals surface area contributed by atoms with E-state index in [0.29, 0.717) is 19.1 Å². The van der Waals surface area contributed by atoms with Crippen LogP contribution in [-0.2, 0) is 11.3 Å². The number of benzene rings is 1. The summed E-state index contributed by atoms with van der Waals surface area (Å²) in [6.07, 6.45) is 0. The average molecular weight is 291 g/mol. The van der Waals surface area contributed by atoms with E-state index in [1.54, 1.807) is 19.2 Å². The van der Waals surface area contributed by atoms with Gasteiger partial charge in [0.15, 0.2) is 0 Å². The van der Waals surface area contributed by atoms with Gasteiger partial charge in [0.05, 0.1) is 13.2 Å². The zero-order valence-electron chi connectivity index (χ0n) is 12.7. The van der Waals surface area contributed by atoms with E-state index in [4.69, 9.17) is 9.15 Å². The van der Waals surface area contributed by atoms with Crippen LogP contribution in [0.4, 0.5) is 4.39 Å². The molecule has 0 aliphatic rings. The van der Waals surface area contributed by atoms with E-state index in [9.17, 15) is 4.39 Å². The average Bonchev–Trinajstić information content (AvgIpc) is 2.92. The summed E-state index contributed by atoms with van der Waals surface area (Å²) in [5, 5.41) is 3.43. The number of rotatable bonds is 7. The SMILES string of the molecule is COCC(NCc1ccc(-c2ccc(F)cc2)o1)C(C)C. The zero-order valence-corrected chi connectivity index (χ0v) is 12.7. The first kappa shape index (κ1) is 15.7. The highest BCUT2D eigenvalue weighted by Gasteiger charge is 2.13. The number of hydrogen-bond acceptors (Lipinski definition) is 3. The highest BCUT2D eigenvalue weighted by Crippen LogP contribution is 2.22. The molecule has 1 unspecified atom stereocenters. The minimum absolute atomic E-state index is 0.244. The van der Waals surface area contributed by atoms with Crippen LogP contribution >= 0.6 is 0 Å². The summed E-state index contributed by atoms with van der Waals surface area (Å²) in [4.78, 5) is 0. The topological polar surface area (TPSA) is 34.4 Å². The molecule has 3 nitrogen and oxygen atoms in total. The predicted molar refractivity (Wildman–Crippen MR) is 81.4 cm³/mol. The number of nitrogens with one attached hydrogen (secondary N) is 1. The van der Waals surface area contributed by atoms with Gasteiger partial charge in [0.25, 0.3) is 0 Å². The molecular formula is C17H22FNO2. The van der Waals surface area contributed by atoms with Crippen molar-refractivity contribution in [3.63, 3.8) is 0 Å². The van der Waals surface area contributed by atoms with E-state index in [1.807, 2.05) is 12.1 Å². The monoisotopic (exact) mass is 291 g/mol. The first-order chi connectivity index (χ1) is 10.1. The lowest BCUT2D eigenvalue weighted by atomic mass is 10.1. The van der Waals surface area contributed by atoms with Gasteiger partial charge in [-0.05, 0) is 42.3 Å². The summed E-state index contributed by atoms with van der Waals surface area (Å²) in [5.74, 6) is 1.85. The molecule has 1 aromatic carbocycles. The molecule has 0 fully saturated rings. The molecule has 2 aromatic rings. The lowest BCUT2D eigenvalue weighted by molar-refractivity contribution is 0.145. The summed E-state index contributed by atoms with van der Waals surface area (Å²) in [7, 11) is 1.70. The van der Waals surface area contributed by atoms with Crippen molar-refractivity contribution >= 4 is 0 Å². The maximum atomic E-state index is 12.9. The molecule has 0 spiro atoms. The van der Waals surface area contributed by atoms with Gasteiger partial charge in [0.1, 0.15) is 17.3 Å². The predicted octanol–water partition coefficient (Wildman–Crippen LogP) is 3.85. The molecule has 1 aromatic heterocycles. The third kappa shape index (κ3) is 4.41. The summed E-state index contributed by atoms with van der Waals surface area (Å²) < 4.78 is 23.9. The zero-order chi connectivity index (χ0) is 15.2. The van der Waals surface area contributed by atoms with E-state index in [1.165, 1.54) is 12.1 Å². The smallest absolute Gasteiger partial charge is 0.134 e. The van der Waals surface area contributed by atoms with Gasteiger partial charge < -0.3 is 14.5 Å². The largest absolute Gasteiger partial charge is 0.460 e. The minimum Gasteiger partial charge on any atom is -0.460 e. The molecule has 0 saturated carbocycles. The van der Waals surface area contributed by atoms with Crippen molar-refractivity contribution in [3.8, 4) is 11.3 Å². The highest BCUT2D eigenvalue weighted by atomic mass is 19.1. The van der Waals surface area contributed by atoms with Crippen molar-refractivity contribution in [2.75, 3.05) is 13.7 Å². The van der Waals surface area contributed by atoms with Crippen LogP contribution in [0.5, 0.6) is 0 Å². The summed E-state index contributed by atoms with van der Waals surface area (Å²) in [6.45, 7) is 5.63. The Morgan fingerprint density at radius 2 is 1.86 bits per heavy atom. The molecule has 1 heterocycles. The van der Waals surface area contributed by atoms with Gasteiger partial charge >= 0.3 is 0 Å². The summed E-state index contributed by atoms with van der Waals surface area (Å²) in [5.41, 5.74) is 0.875. The molecule has 0 bridgehead atoms. The van der Waals surface area contributed by atoms with Gasteiger partial charge in [-0.1, -0.05) is 13.8 Å². The number of methoxy groups -OCH3 is 1. The van der Waals surface area contributed by atoms with Gasteiger partial charge in [0.2, 0.25) is 0 Å². The molecule has 114 valence electrons. The first-order valence-corrected chi connectivity index (χ1v) is 7.17. The highest BCUT2D eigenvalue weighted by molar-refractivity contribution is 5.57.